The summed E-state index contributed by atoms with van der Waals surface area (Å²) in [4.78, 5) is 9.07. The van der Waals surface area contributed by atoms with Gasteiger partial charge < -0.3 is 9.80 Å². The summed E-state index contributed by atoms with van der Waals surface area (Å²) in [5.41, 5.74) is 3.89. The molecule has 1 aliphatic heterocycles. The molecule has 0 N–H and O–H groups in total. The van der Waals surface area contributed by atoms with Gasteiger partial charge in [-0.15, -0.1) is 0 Å². The molecular formula is C17H18ClN3. The highest BCUT2D eigenvalue weighted by atomic mass is 35.5. The zero-order valence-corrected chi connectivity index (χ0v) is 12.6. The quantitative estimate of drug-likeness (QED) is 0.861. The van der Waals surface area contributed by atoms with Crippen LogP contribution in [0.2, 0.25) is 5.02 Å². The lowest BCUT2D eigenvalue weighted by Crippen LogP contribution is -2.41. The lowest BCUT2D eigenvalue weighted by Gasteiger charge is -2.39. The minimum Gasteiger partial charge on any atom is -0.365 e. The number of pyridine rings is 1. The Morgan fingerprint density at radius 3 is 2.62 bits per heavy atom. The number of rotatable bonds is 3. The van der Waals surface area contributed by atoms with Gasteiger partial charge in [0.1, 0.15) is 0 Å². The molecular weight excluding hydrogens is 282 g/mol. The molecule has 0 saturated heterocycles. The van der Waals surface area contributed by atoms with Gasteiger partial charge >= 0.3 is 0 Å². The largest absolute Gasteiger partial charge is 0.365 e. The number of halogens is 1. The minimum absolute atomic E-state index is 0.727. The third-order valence-corrected chi connectivity index (χ3v) is 4.54. The van der Waals surface area contributed by atoms with Crippen molar-refractivity contribution >= 4 is 23.0 Å². The van der Waals surface area contributed by atoms with Crippen LogP contribution in [-0.2, 0) is 6.54 Å². The minimum atomic E-state index is 0.727. The standard InChI is InChI=1S/C17H18ClN3/c18-14-1-4-16-17(11-14)21(15-2-3-15)10-9-20(16)12-13-5-7-19-8-6-13/h1,4-8,11,15H,2-3,9-10,12H2. The van der Waals surface area contributed by atoms with Crippen molar-refractivity contribution < 1.29 is 0 Å². The molecule has 1 aliphatic carbocycles. The maximum atomic E-state index is 6.22. The molecule has 3 nitrogen and oxygen atoms in total. The van der Waals surface area contributed by atoms with Gasteiger partial charge in [0.25, 0.3) is 0 Å². The summed E-state index contributed by atoms with van der Waals surface area (Å²) in [5.74, 6) is 0. The molecule has 2 aromatic rings. The van der Waals surface area contributed by atoms with E-state index in [0.717, 1.165) is 30.7 Å². The average Bonchev–Trinajstić information content (AvgIpc) is 3.33. The third kappa shape index (κ3) is 2.58. The Kier molecular flexibility index (Phi) is 3.23. The summed E-state index contributed by atoms with van der Waals surface area (Å²) in [6.45, 7) is 3.08. The topological polar surface area (TPSA) is 19.4 Å². The maximum absolute atomic E-state index is 6.22. The van der Waals surface area contributed by atoms with Crippen LogP contribution in [0.25, 0.3) is 0 Å². The van der Waals surface area contributed by atoms with E-state index in [2.05, 4.69) is 39.0 Å². The molecule has 2 aliphatic rings. The Morgan fingerprint density at radius 2 is 1.86 bits per heavy atom. The molecule has 0 atom stereocenters. The van der Waals surface area contributed by atoms with Crippen molar-refractivity contribution in [3.8, 4) is 0 Å². The Bertz CT molecular complexity index is 640. The van der Waals surface area contributed by atoms with Gasteiger partial charge in [-0.25, -0.2) is 0 Å². The molecule has 1 saturated carbocycles. The molecule has 0 bridgehead atoms. The van der Waals surface area contributed by atoms with Crippen LogP contribution in [0.15, 0.2) is 42.7 Å². The van der Waals surface area contributed by atoms with Crippen molar-refractivity contribution in [3.63, 3.8) is 0 Å². The Labute approximate surface area is 130 Å². The van der Waals surface area contributed by atoms with Crippen molar-refractivity contribution in [3.05, 3.63) is 53.3 Å². The van der Waals surface area contributed by atoms with Gasteiger partial charge in [-0.05, 0) is 48.7 Å². The van der Waals surface area contributed by atoms with E-state index in [1.54, 1.807) is 0 Å². The van der Waals surface area contributed by atoms with Crippen molar-refractivity contribution in [2.24, 2.45) is 0 Å². The number of fused-ring (bicyclic) bond motifs is 1. The van der Waals surface area contributed by atoms with E-state index in [9.17, 15) is 0 Å². The van der Waals surface area contributed by atoms with Crippen LogP contribution in [-0.4, -0.2) is 24.1 Å². The first-order chi connectivity index (χ1) is 10.3. The van der Waals surface area contributed by atoms with E-state index in [1.807, 2.05) is 18.5 Å². The molecule has 1 aromatic carbocycles. The first-order valence-electron chi connectivity index (χ1n) is 7.51. The molecule has 1 aromatic heterocycles. The van der Waals surface area contributed by atoms with Crippen LogP contribution in [0.4, 0.5) is 11.4 Å². The predicted molar refractivity (Wildman–Crippen MR) is 87.1 cm³/mol. The number of hydrogen-bond donors (Lipinski definition) is 0. The fourth-order valence-electron chi connectivity index (χ4n) is 3.10. The van der Waals surface area contributed by atoms with Gasteiger partial charge in [-0.1, -0.05) is 11.6 Å². The van der Waals surface area contributed by atoms with Crippen molar-refractivity contribution in [1.29, 1.82) is 0 Å². The van der Waals surface area contributed by atoms with E-state index in [-0.39, 0.29) is 0 Å². The smallest absolute Gasteiger partial charge is 0.0622 e. The zero-order valence-electron chi connectivity index (χ0n) is 11.9. The lowest BCUT2D eigenvalue weighted by molar-refractivity contribution is 0.692. The molecule has 21 heavy (non-hydrogen) atoms. The lowest BCUT2D eigenvalue weighted by atomic mass is 10.1. The summed E-state index contributed by atoms with van der Waals surface area (Å²) in [5, 5.41) is 0.824. The van der Waals surface area contributed by atoms with E-state index < -0.39 is 0 Å². The maximum Gasteiger partial charge on any atom is 0.0622 e. The highest BCUT2D eigenvalue weighted by Gasteiger charge is 2.34. The van der Waals surface area contributed by atoms with Crippen LogP contribution in [0, 0.1) is 0 Å². The van der Waals surface area contributed by atoms with Crippen LogP contribution < -0.4 is 9.80 Å². The predicted octanol–water partition coefficient (Wildman–Crippen LogP) is 3.72. The van der Waals surface area contributed by atoms with Gasteiger partial charge in [-0.3, -0.25) is 4.98 Å². The molecule has 2 heterocycles. The Hall–Kier alpha value is -1.74. The van der Waals surface area contributed by atoms with Gasteiger partial charge in [-0.2, -0.15) is 0 Å². The Morgan fingerprint density at radius 1 is 1.05 bits per heavy atom. The molecule has 108 valence electrons. The van der Waals surface area contributed by atoms with E-state index in [4.69, 9.17) is 11.6 Å². The monoisotopic (exact) mass is 299 g/mol. The van der Waals surface area contributed by atoms with Crippen LogP contribution in [0.1, 0.15) is 18.4 Å². The second-order valence-corrected chi connectivity index (χ2v) is 6.27. The van der Waals surface area contributed by atoms with Crippen molar-refractivity contribution in [2.75, 3.05) is 22.9 Å². The summed E-state index contributed by atoms with van der Waals surface area (Å²) in [6, 6.07) is 11.2. The van der Waals surface area contributed by atoms with E-state index in [1.165, 1.54) is 29.8 Å². The zero-order chi connectivity index (χ0) is 14.2. The molecule has 4 rings (SSSR count). The summed E-state index contributed by atoms with van der Waals surface area (Å²) >= 11 is 6.22. The molecule has 0 unspecified atom stereocenters. The highest BCUT2D eigenvalue weighted by molar-refractivity contribution is 6.31. The van der Waals surface area contributed by atoms with Gasteiger partial charge in [0, 0.05) is 43.1 Å². The molecule has 0 spiro atoms. The molecule has 4 heteroatoms. The van der Waals surface area contributed by atoms with Gasteiger partial charge in [0.2, 0.25) is 0 Å². The number of anilines is 2. The van der Waals surface area contributed by atoms with E-state index >= 15 is 0 Å². The fourth-order valence-corrected chi connectivity index (χ4v) is 3.27. The molecule has 0 radical (unpaired) electrons. The molecule has 1 fully saturated rings. The molecule has 0 amide bonds. The second kappa shape index (κ2) is 5.23. The van der Waals surface area contributed by atoms with Crippen LogP contribution >= 0.6 is 11.6 Å². The van der Waals surface area contributed by atoms with Crippen LogP contribution in [0.5, 0.6) is 0 Å². The summed E-state index contributed by atoms with van der Waals surface area (Å²) in [6.07, 6.45) is 6.35. The second-order valence-electron chi connectivity index (χ2n) is 5.83. The first kappa shape index (κ1) is 13.0. The first-order valence-corrected chi connectivity index (χ1v) is 7.89. The third-order valence-electron chi connectivity index (χ3n) is 4.31. The highest BCUT2D eigenvalue weighted by Crippen LogP contribution is 2.41. The SMILES string of the molecule is Clc1ccc2c(c1)N(C1CC1)CCN2Cc1ccncc1. The van der Waals surface area contributed by atoms with E-state index in [0.29, 0.717) is 0 Å². The number of hydrogen-bond acceptors (Lipinski definition) is 3. The van der Waals surface area contributed by atoms with Gasteiger partial charge in [0.05, 0.1) is 11.4 Å². The fraction of sp³-hybridized carbons (Fsp3) is 0.353. The Balaban J connectivity index is 1.66. The summed E-state index contributed by atoms with van der Waals surface area (Å²) < 4.78 is 0. The van der Waals surface area contributed by atoms with Crippen molar-refractivity contribution in [1.82, 2.24) is 4.98 Å². The van der Waals surface area contributed by atoms with Gasteiger partial charge in [0.15, 0.2) is 0 Å². The normalized spacial score (nSPS) is 17.8. The number of nitrogens with zero attached hydrogens (tertiary/aromatic N) is 3. The number of benzene rings is 1. The average molecular weight is 300 g/mol. The van der Waals surface area contributed by atoms with Crippen LogP contribution in [0.3, 0.4) is 0 Å². The van der Waals surface area contributed by atoms with Crippen molar-refractivity contribution in [2.45, 2.75) is 25.4 Å². The number of aromatic nitrogens is 1. The summed E-state index contributed by atoms with van der Waals surface area (Å²) in [7, 11) is 0.